The highest BCUT2D eigenvalue weighted by Gasteiger charge is 2.28. The van der Waals surface area contributed by atoms with Gasteiger partial charge in [0.05, 0.1) is 11.7 Å². The van der Waals surface area contributed by atoms with Crippen LogP contribution in [0.4, 0.5) is 0 Å². The van der Waals surface area contributed by atoms with Crippen LogP contribution in [-0.2, 0) is 6.42 Å². The number of carbonyl (C=O) groups excluding carboxylic acids is 1. The number of amides is 1. The molecule has 0 saturated carbocycles. The Morgan fingerprint density at radius 3 is 2.71 bits per heavy atom. The smallest absolute Gasteiger partial charge is 0.254 e. The van der Waals surface area contributed by atoms with E-state index in [1.54, 1.807) is 17.5 Å². The van der Waals surface area contributed by atoms with Gasteiger partial charge in [-0.05, 0) is 67.6 Å². The molecule has 0 radical (unpaired) electrons. The van der Waals surface area contributed by atoms with E-state index in [1.807, 2.05) is 46.8 Å². The van der Waals surface area contributed by atoms with Crippen molar-refractivity contribution < 1.29 is 4.79 Å². The van der Waals surface area contributed by atoms with Gasteiger partial charge in [-0.3, -0.25) is 4.79 Å². The first-order valence-electron chi connectivity index (χ1n) is 8.13. The number of carbonyl (C=O) groups is 1. The lowest BCUT2D eigenvalue weighted by Gasteiger charge is -2.33. The van der Waals surface area contributed by atoms with Crippen molar-refractivity contribution in [2.24, 2.45) is 0 Å². The fourth-order valence-electron chi connectivity index (χ4n) is 3.34. The van der Waals surface area contributed by atoms with Crippen LogP contribution in [0, 0.1) is 6.92 Å². The first kappa shape index (κ1) is 15.1. The molecule has 2 aromatic heterocycles. The van der Waals surface area contributed by atoms with Gasteiger partial charge >= 0.3 is 0 Å². The summed E-state index contributed by atoms with van der Waals surface area (Å²) in [6, 6.07) is 12.0. The van der Waals surface area contributed by atoms with Crippen LogP contribution in [0.15, 0.2) is 48.0 Å². The lowest BCUT2D eigenvalue weighted by molar-refractivity contribution is 0.0679. The molecule has 4 rings (SSSR count). The van der Waals surface area contributed by atoms with Crippen LogP contribution in [0.3, 0.4) is 0 Å². The molecule has 1 amide bonds. The van der Waals surface area contributed by atoms with E-state index in [0.29, 0.717) is 0 Å². The topological polar surface area (TPSA) is 38.1 Å². The number of nitrogens with zero attached hydrogens (tertiary/aromatic N) is 3. The Kier molecular flexibility index (Phi) is 3.73. The number of hydrogen-bond donors (Lipinski definition) is 0. The summed E-state index contributed by atoms with van der Waals surface area (Å²) in [4.78, 5) is 16.3. The maximum absolute atomic E-state index is 12.9. The van der Waals surface area contributed by atoms with E-state index < -0.39 is 0 Å². The Morgan fingerprint density at radius 1 is 1.21 bits per heavy atom. The quantitative estimate of drug-likeness (QED) is 0.709. The molecule has 1 aliphatic rings. The van der Waals surface area contributed by atoms with Crippen LogP contribution in [0.1, 0.15) is 39.5 Å². The van der Waals surface area contributed by atoms with E-state index >= 15 is 0 Å². The minimum atomic E-state index is 0.100. The zero-order valence-electron chi connectivity index (χ0n) is 13.8. The van der Waals surface area contributed by atoms with Crippen molar-refractivity contribution in [3.63, 3.8) is 0 Å². The number of fused-ring (bicyclic) bond motifs is 1. The van der Waals surface area contributed by atoms with Crippen LogP contribution >= 0.6 is 11.3 Å². The number of rotatable bonds is 2. The van der Waals surface area contributed by atoms with Crippen molar-refractivity contribution in [3.05, 3.63) is 69.7 Å². The maximum atomic E-state index is 12.9. The normalized spacial score (nSPS) is 16.9. The average Bonchev–Trinajstić information content (AvgIpc) is 3.24. The highest BCUT2D eigenvalue weighted by Crippen LogP contribution is 2.33. The molecule has 3 aromatic rings. The lowest BCUT2D eigenvalue weighted by atomic mass is 10.0. The summed E-state index contributed by atoms with van der Waals surface area (Å²) >= 11 is 1.79. The van der Waals surface area contributed by atoms with Crippen molar-refractivity contribution in [2.45, 2.75) is 26.3 Å². The van der Waals surface area contributed by atoms with Crippen LogP contribution in [-0.4, -0.2) is 27.1 Å². The molecule has 3 heterocycles. The monoisotopic (exact) mass is 337 g/mol. The van der Waals surface area contributed by atoms with Crippen LogP contribution < -0.4 is 0 Å². The summed E-state index contributed by atoms with van der Waals surface area (Å²) in [5.74, 6) is 0.100. The Morgan fingerprint density at radius 2 is 2.00 bits per heavy atom. The highest BCUT2D eigenvalue weighted by atomic mass is 32.1. The molecule has 0 unspecified atom stereocenters. The van der Waals surface area contributed by atoms with E-state index in [2.05, 4.69) is 23.5 Å². The maximum Gasteiger partial charge on any atom is 0.254 e. The Labute approximate surface area is 145 Å². The molecule has 0 bridgehead atoms. The van der Waals surface area contributed by atoms with Crippen molar-refractivity contribution in [1.29, 1.82) is 0 Å². The summed E-state index contributed by atoms with van der Waals surface area (Å²) < 4.78 is 1.87. The van der Waals surface area contributed by atoms with Crippen molar-refractivity contribution in [2.75, 3.05) is 6.54 Å². The third kappa shape index (κ3) is 2.45. The molecule has 0 spiro atoms. The van der Waals surface area contributed by atoms with Gasteiger partial charge in [0.1, 0.15) is 0 Å². The second kappa shape index (κ2) is 5.91. The Hall–Kier alpha value is -2.40. The van der Waals surface area contributed by atoms with Gasteiger partial charge in [-0.2, -0.15) is 5.10 Å². The molecule has 1 aliphatic heterocycles. The molecule has 1 atom stereocenters. The van der Waals surface area contributed by atoms with Gasteiger partial charge in [0.25, 0.3) is 5.91 Å². The summed E-state index contributed by atoms with van der Waals surface area (Å²) in [6.45, 7) is 4.91. The molecule has 0 aliphatic carbocycles. The van der Waals surface area contributed by atoms with Gasteiger partial charge in [0, 0.05) is 28.9 Å². The number of thiophene rings is 1. The number of aryl methyl sites for hydroxylation is 1. The molecule has 0 fully saturated rings. The summed E-state index contributed by atoms with van der Waals surface area (Å²) in [5.41, 5.74) is 4.07. The summed E-state index contributed by atoms with van der Waals surface area (Å²) in [6.07, 6.45) is 2.73. The SMILES string of the molecule is Cc1ccnn1-c1ccc(C(=O)N2CCc3sccc3[C@@H]2C)cc1. The lowest BCUT2D eigenvalue weighted by Crippen LogP contribution is -2.38. The van der Waals surface area contributed by atoms with Crippen molar-refractivity contribution in [1.82, 2.24) is 14.7 Å². The first-order chi connectivity index (χ1) is 11.6. The standard InChI is InChI=1S/C19H19N3OS/c1-13-7-10-20-22(13)16-5-3-15(4-6-16)19(23)21-11-8-18-17(14(21)2)9-12-24-18/h3-7,9-10,12,14H,8,11H2,1-2H3/t14-/m0/s1. The van der Waals surface area contributed by atoms with E-state index in [4.69, 9.17) is 0 Å². The molecule has 0 N–H and O–H groups in total. The molecular weight excluding hydrogens is 318 g/mol. The van der Waals surface area contributed by atoms with Crippen molar-refractivity contribution in [3.8, 4) is 5.69 Å². The van der Waals surface area contributed by atoms with Crippen LogP contribution in [0.25, 0.3) is 5.69 Å². The van der Waals surface area contributed by atoms with Gasteiger partial charge in [0.15, 0.2) is 0 Å². The largest absolute Gasteiger partial charge is 0.331 e. The highest BCUT2D eigenvalue weighted by molar-refractivity contribution is 7.10. The fraction of sp³-hybridized carbons (Fsp3) is 0.263. The minimum Gasteiger partial charge on any atom is -0.331 e. The Balaban J connectivity index is 1.58. The van der Waals surface area contributed by atoms with E-state index in [0.717, 1.165) is 29.9 Å². The van der Waals surface area contributed by atoms with Gasteiger partial charge in [-0.1, -0.05) is 0 Å². The van der Waals surface area contributed by atoms with Crippen LogP contribution in [0.5, 0.6) is 0 Å². The van der Waals surface area contributed by atoms with Crippen molar-refractivity contribution >= 4 is 17.2 Å². The molecule has 4 nitrogen and oxygen atoms in total. The van der Waals surface area contributed by atoms with E-state index in [9.17, 15) is 4.79 Å². The minimum absolute atomic E-state index is 0.100. The first-order valence-corrected chi connectivity index (χ1v) is 9.01. The second-order valence-corrected chi connectivity index (χ2v) is 7.16. The third-order valence-corrected chi connectivity index (χ3v) is 5.73. The van der Waals surface area contributed by atoms with Gasteiger partial charge in [0.2, 0.25) is 0 Å². The summed E-state index contributed by atoms with van der Waals surface area (Å²) in [7, 11) is 0. The Bertz CT molecular complexity index is 878. The predicted octanol–water partition coefficient (Wildman–Crippen LogP) is 4.00. The molecule has 1 aromatic carbocycles. The van der Waals surface area contributed by atoms with Gasteiger partial charge in [-0.25, -0.2) is 4.68 Å². The fourth-order valence-corrected chi connectivity index (χ4v) is 4.30. The third-order valence-electron chi connectivity index (χ3n) is 4.73. The molecule has 24 heavy (non-hydrogen) atoms. The molecule has 5 heteroatoms. The van der Waals surface area contributed by atoms with Crippen LogP contribution in [0.2, 0.25) is 0 Å². The van der Waals surface area contributed by atoms with E-state index in [1.165, 1.54) is 10.4 Å². The zero-order valence-corrected chi connectivity index (χ0v) is 14.6. The van der Waals surface area contributed by atoms with Gasteiger partial charge in [-0.15, -0.1) is 11.3 Å². The molecule has 0 saturated heterocycles. The average molecular weight is 337 g/mol. The zero-order chi connectivity index (χ0) is 16.7. The predicted molar refractivity (Wildman–Crippen MR) is 95.8 cm³/mol. The molecular formula is C19H19N3OS. The second-order valence-electron chi connectivity index (χ2n) is 6.15. The van der Waals surface area contributed by atoms with Gasteiger partial charge < -0.3 is 4.90 Å². The summed E-state index contributed by atoms with van der Waals surface area (Å²) in [5, 5.41) is 6.43. The number of benzene rings is 1. The number of hydrogen-bond acceptors (Lipinski definition) is 3. The number of aromatic nitrogens is 2. The van der Waals surface area contributed by atoms with E-state index in [-0.39, 0.29) is 11.9 Å². The molecule has 122 valence electrons.